The lowest BCUT2D eigenvalue weighted by atomic mass is 9.93. The predicted octanol–water partition coefficient (Wildman–Crippen LogP) is 29.9. The Morgan fingerprint density at radius 2 is 0.475 bits per heavy atom. The van der Waals surface area contributed by atoms with E-state index < -0.39 is 0 Å². The van der Waals surface area contributed by atoms with Gasteiger partial charge in [-0.3, -0.25) is 0 Å². The quantitative estimate of drug-likeness (QED) is 0.108. The van der Waals surface area contributed by atoms with Crippen molar-refractivity contribution in [3.63, 3.8) is 0 Å². The number of fused-ring (bicyclic) bond motifs is 12. The molecule has 23 rings (SSSR count). The van der Waals surface area contributed by atoms with E-state index in [9.17, 15) is 0 Å². The molecule has 0 saturated heterocycles. The van der Waals surface area contributed by atoms with Crippen molar-refractivity contribution in [3.8, 4) is 146 Å². The second kappa shape index (κ2) is 28.1. The minimum Gasteiger partial charge on any atom is -0.456 e. The van der Waals surface area contributed by atoms with E-state index in [1.807, 2.05) is 36.4 Å². The number of rotatable bonds is 14. The van der Waals surface area contributed by atoms with E-state index in [1.165, 1.54) is 55.3 Å². The Labute approximate surface area is 680 Å². The van der Waals surface area contributed by atoms with Crippen LogP contribution in [0.25, 0.3) is 233 Å². The fraction of sp³-hybridized carbons (Fsp3) is 0. The first-order valence-electron chi connectivity index (χ1n) is 40.1. The van der Waals surface area contributed by atoms with E-state index in [0.717, 1.165) is 160 Å². The summed E-state index contributed by atoms with van der Waals surface area (Å²) < 4.78 is 18.7. The van der Waals surface area contributed by atoms with Gasteiger partial charge in [0, 0.05) is 71.2 Å². The van der Waals surface area contributed by atoms with Gasteiger partial charge in [-0.15, -0.1) is 0 Å². The molecule has 0 aliphatic heterocycles. The molecule has 0 radical (unpaired) electrons. The highest BCUT2D eigenvalue weighted by Gasteiger charge is 2.25. The van der Waals surface area contributed by atoms with E-state index in [-0.39, 0.29) is 0 Å². The van der Waals surface area contributed by atoms with Crippen molar-refractivity contribution < 1.29 is 8.83 Å². The van der Waals surface area contributed by atoms with Crippen molar-refractivity contribution >= 4 is 87.5 Å². The molecular weight excluding hydrogens is 1440 g/mol. The van der Waals surface area contributed by atoms with E-state index in [1.54, 1.807) is 0 Å². The molecule has 0 atom stereocenters. The van der Waals surface area contributed by atoms with Gasteiger partial charge in [-0.2, -0.15) is 0 Å². The molecule has 118 heavy (non-hydrogen) atoms. The Bertz CT molecular complexity index is 7780. The lowest BCUT2D eigenvalue weighted by Gasteiger charge is -2.14. The molecular formula is C111H69N5O2. The van der Waals surface area contributed by atoms with Crippen LogP contribution in [0.3, 0.4) is 0 Å². The van der Waals surface area contributed by atoms with Crippen molar-refractivity contribution in [1.29, 1.82) is 0 Å². The number of nitrogens with zero attached hydrogens (tertiary/aromatic N) is 5. The lowest BCUT2D eigenvalue weighted by molar-refractivity contribution is 0.668. The van der Waals surface area contributed by atoms with E-state index in [4.69, 9.17) is 23.8 Å². The summed E-state index contributed by atoms with van der Waals surface area (Å²) >= 11 is 0. The van der Waals surface area contributed by atoms with Crippen LogP contribution in [-0.4, -0.2) is 24.1 Å². The number of aromatic nitrogens is 5. The van der Waals surface area contributed by atoms with Crippen LogP contribution in [0.15, 0.2) is 427 Å². The zero-order valence-electron chi connectivity index (χ0n) is 63.9. The molecule has 0 aliphatic rings. The maximum Gasteiger partial charge on any atom is 0.164 e. The lowest BCUT2D eigenvalue weighted by Crippen LogP contribution is -2.01. The molecule has 5 aromatic heterocycles. The summed E-state index contributed by atoms with van der Waals surface area (Å²) in [6.45, 7) is 0. The van der Waals surface area contributed by atoms with Gasteiger partial charge in [0.2, 0.25) is 0 Å². The first-order chi connectivity index (χ1) is 58.4. The summed E-state index contributed by atoms with van der Waals surface area (Å²) in [6.07, 6.45) is 0. The van der Waals surface area contributed by atoms with E-state index >= 15 is 0 Å². The normalized spacial score (nSPS) is 11.7. The second-order valence-corrected chi connectivity index (χ2v) is 30.6. The van der Waals surface area contributed by atoms with Crippen molar-refractivity contribution in [3.05, 3.63) is 419 Å². The van der Waals surface area contributed by atoms with Crippen LogP contribution in [0.1, 0.15) is 0 Å². The molecule has 0 unspecified atom stereocenters. The molecule has 7 nitrogen and oxygen atoms in total. The first kappa shape index (κ1) is 67.8. The van der Waals surface area contributed by atoms with Gasteiger partial charge < -0.3 is 18.0 Å². The Morgan fingerprint density at radius 1 is 0.161 bits per heavy atom. The van der Waals surface area contributed by atoms with Crippen LogP contribution >= 0.6 is 0 Å². The highest BCUT2D eigenvalue weighted by molar-refractivity contribution is 6.17. The van der Waals surface area contributed by atoms with Gasteiger partial charge in [-0.25, -0.2) is 15.0 Å². The number of hydrogen-bond donors (Lipinski definition) is 0. The molecule has 5 heterocycles. The van der Waals surface area contributed by atoms with Gasteiger partial charge in [0.05, 0.1) is 22.1 Å². The number of hydrogen-bond acceptors (Lipinski definition) is 5. The number of benzene rings is 18. The Hall–Kier alpha value is -15.8. The molecule has 0 saturated carbocycles. The SMILES string of the molecule is c1ccc(-c2cc(-c3ccccc3)cc(-c3cccc(-n4c5ccccc5c5cc(-c6ccc7oc8cccc(-c9nc(-c%10ccccc%10)nc(-c%10cc(-c%11ccccc%11)cc%11oc%12ccc(-c%13ccc%14c(c%13)c%13ccccc%13n%14-c%13cccc(-c%14cc(-c%15ccccc%15)cc(-c%15ccccc%15)c%14)c%13)cc%12c%10%11)n9)c8c7c6)ccc54)c3)c2)cc1. The van der Waals surface area contributed by atoms with Crippen LogP contribution in [0.2, 0.25) is 0 Å². The summed E-state index contributed by atoms with van der Waals surface area (Å²) in [6, 6.07) is 150. The summed E-state index contributed by atoms with van der Waals surface area (Å²) in [4.78, 5) is 16.6. The summed E-state index contributed by atoms with van der Waals surface area (Å²) in [5.74, 6) is 1.57. The summed E-state index contributed by atoms with van der Waals surface area (Å²) in [5.41, 5.74) is 32.4. The van der Waals surface area contributed by atoms with Crippen LogP contribution in [0.5, 0.6) is 0 Å². The maximum atomic E-state index is 7.05. The fourth-order valence-electron chi connectivity index (χ4n) is 17.9. The van der Waals surface area contributed by atoms with Gasteiger partial charge in [0.15, 0.2) is 17.5 Å². The van der Waals surface area contributed by atoms with Crippen LogP contribution in [0.4, 0.5) is 0 Å². The smallest absolute Gasteiger partial charge is 0.164 e. The molecule has 0 N–H and O–H groups in total. The Kier molecular flexibility index (Phi) is 16.1. The highest BCUT2D eigenvalue weighted by atomic mass is 16.3. The zero-order valence-corrected chi connectivity index (χ0v) is 63.9. The summed E-state index contributed by atoms with van der Waals surface area (Å²) in [7, 11) is 0. The first-order valence-corrected chi connectivity index (χ1v) is 40.1. The van der Waals surface area contributed by atoms with E-state index in [2.05, 4.69) is 391 Å². The average molecular weight is 1500 g/mol. The molecule has 0 fully saturated rings. The van der Waals surface area contributed by atoms with Crippen LogP contribution in [0, 0.1) is 0 Å². The van der Waals surface area contributed by atoms with Crippen molar-refractivity contribution in [2.24, 2.45) is 0 Å². The monoisotopic (exact) mass is 1500 g/mol. The average Bonchev–Trinajstić information content (AvgIpc) is 1.41. The third kappa shape index (κ3) is 11.9. The molecule has 550 valence electrons. The summed E-state index contributed by atoms with van der Waals surface area (Å²) in [5, 5.41) is 8.38. The third-order valence-corrected chi connectivity index (χ3v) is 23.5. The third-order valence-electron chi connectivity index (χ3n) is 23.5. The minimum absolute atomic E-state index is 0.512. The van der Waals surface area contributed by atoms with Crippen molar-refractivity contribution in [2.45, 2.75) is 0 Å². The Morgan fingerprint density at radius 3 is 0.915 bits per heavy atom. The standard InChI is InChI=1S/C111H69N5O2/c1-7-26-70(27-8-1)82-56-83(71-28-9-2-10-29-71)59-86(58-82)76-38-23-40-89(62-76)115-99-45-21-19-42-91(99)94-64-78(48-52-101(94)115)80-50-54-103-96(66-80)107-93(44-25-47-105(107)117-103)110-112-109(75-36-17-6-18-37-75)113-111(114-110)98-68-88(74-34-15-5-16-35-74)69-106-108(98)97-67-81(51-55-104(97)118-106)79-49-53-102-95(65-79)92-43-20-22-46-100(92)116(102)90-41-24-39-77(63-90)87-60-84(72-30-11-3-12-31-72)57-85(61-87)73-32-13-4-14-33-73/h1-69H. The van der Waals surface area contributed by atoms with Gasteiger partial charge >= 0.3 is 0 Å². The molecule has 0 amide bonds. The molecule has 0 aliphatic carbocycles. The zero-order chi connectivity index (χ0) is 77.7. The molecule has 0 bridgehead atoms. The fourth-order valence-corrected chi connectivity index (χ4v) is 17.9. The van der Waals surface area contributed by atoms with Crippen LogP contribution < -0.4 is 0 Å². The predicted molar refractivity (Wildman–Crippen MR) is 488 cm³/mol. The van der Waals surface area contributed by atoms with Gasteiger partial charge in [-0.1, -0.05) is 279 Å². The topological polar surface area (TPSA) is 74.8 Å². The molecule has 18 aromatic carbocycles. The van der Waals surface area contributed by atoms with Crippen molar-refractivity contribution in [2.75, 3.05) is 0 Å². The van der Waals surface area contributed by atoms with Crippen molar-refractivity contribution in [1.82, 2.24) is 24.1 Å². The Balaban J connectivity index is 0.635. The maximum absolute atomic E-state index is 7.05. The van der Waals surface area contributed by atoms with Gasteiger partial charge in [0.25, 0.3) is 0 Å². The van der Waals surface area contributed by atoms with Gasteiger partial charge in [0.1, 0.15) is 22.3 Å². The molecule has 0 spiro atoms. The molecule has 23 aromatic rings. The number of furan rings is 2. The molecule has 7 heteroatoms. The number of para-hydroxylation sites is 2. The highest BCUT2D eigenvalue weighted by Crippen LogP contribution is 2.47. The van der Waals surface area contributed by atoms with Crippen LogP contribution in [-0.2, 0) is 0 Å². The van der Waals surface area contributed by atoms with E-state index in [0.29, 0.717) is 17.5 Å². The minimum atomic E-state index is 0.512. The van der Waals surface area contributed by atoms with Gasteiger partial charge in [-0.05, 0) is 240 Å². The second-order valence-electron chi connectivity index (χ2n) is 30.6. The largest absolute Gasteiger partial charge is 0.456 e.